The van der Waals surface area contributed by atoms with Crippen molar-refractivity contribution in [2.24, 2.45) is 16.7 Å². The van der Waals surface area contributed by atoms with Crippen molar-refractivity contribution in [3.63, 3.8) is 0 Å². The summed E-state index contributed by atoms with van der Waals surface area (Å²) < 4.78 is 6.12. The van der Waals surface area contributed by atoms with Crippen molar-refractivity contribution in [2.75, 3.05) is 6.61 Å². The number of hydrogen-bond donors (Lipinski definition) is 0. The van der Waals surface area contributed by atoms with Gasteiger partial charge >= 0.3 is 0 Å². The van der Waals surface area contributed by atoms with Crippen molar-refractivity contribution in [2.45, 2.75) is 65.9 Å². The minimum atomic E-state index is 0.450. The second-order valence-electron chi connectivity index (χ2n) is 6.32. The third kappa shape index (κ3) is 1.54. The van der Waals surface area contributed by atoms with Crippen molar-refractivity contribution >= 4 is 0 Å². The van der Waals surface area contributed by atoms with E-state index in [0.29, 0.717) is 16.9 Å². The molecule has 2 rings (SSSR count). The quantitative estimate of drug-likeness (QED) is 0.637. The first kappa shape index (κ1) is 11.4. The van der Waals surface area contributed by atoms with Crippen LogP contribution in [0.2, 0.25) is 0 Å². The zero-order valence-electron chi connectivity index (χ0n) is 10.8. The lowest BCUT2D eigenvalue weighted by atomic mass is 9.70. The summed E-state index contributed by atoms with van der Waals surface area (Å²) in [4.78, 5) is 0. The number of ether oxygens (including phenoxy) is 1. The Morgan fingerprint density at radius 2 is 2.00 bits per heavy atom. The van der Waals surface area contributed by atoms with Crippen LogP contribution >= 0.6 is 0 Å². The van der Waals surface area contributed by atoms with Gasteiger partial charge in [0.2, 0.25) is 0 Å². The molecule has 2 fully saturated rings. The zero-order valence-corrected chi connectivity index (χ0v) is 10.8. The van der Waals surface area contributed by atoms with E-state index in [0.717, 1.165) is 12.5 Å². The van der Waals surface area contributed by atoms with Crippen LogP contribution in [0.5, 0.6) is 0 Å². The van der Waals surface area contributed by atoms with Crippen LogP contribution in [0.3, 0.4) is 0 Å². The van der Waals surface area contributed by atoms with Crippen molar-refractivity contribution in [1.82, 2.24) is 0 Å². The molecule has 0 aliphatic heterocycles. The SMILES string of the molecule is CCCCO[C@@H]1C[C@@H]2CC[C@@]1(C)C2(C)C. The van der Waals surface area contributed by atoms with Gasteiger partial charge in [0, 0.05) is 6.61 Å². The van der Waals surface area contributed by atoms with Crippen molar-refractivity contribution in [1.29, 1.82) is 0 Å². The smallest absolute Gasteiger partial charge is 0.0636 e. The fraction of sp³-hybridized carbons (Fsp3) is 1.00. The summed E-state index contributed by atoms with van der Waals surface area (Å²) in [6.45, 7) is 10.6. The molecule has 0 aromatic rings. The topological polar surface area (TPSA) is 9.23 Å². The van der Waals surface area contributed by atoms with Crippen molar-refractivity contribution in [3.05, 3.63) is 0 Å². The molecule has 0 amide bonds. The van der Waals surface area contributed by atoms with Gasteiger partial charge in [0.05, 0.1) is 6.10 Å². The Balaban J connectivity index is 1.99. The Labute approximate surface area is 94.6 Å². The normalized spacial score (nSPS) is 42.4. The molecule has 0 aromatic heterocycles. The molecular formula is C14H26O. The maximum absolute atomic E-state index is 6.12. The van der Waals surface area contributed by atoms with Gasteiger partial charge in [0.15, 0.2) is 0 Å². The van der Waals surface area contributed by atoms with Gasteiger partial charge < -0.3 is 4.74 Å². The van der Waals surface area contributed by atoms with Crippen LogP contribution in [-0.2, 0) is 4.74 Å². The molecule has 3 atom stereocenters. The highest BCUT2D eigenvalue weighted by molar-refractivity contribution is 5.11. The monoisotopic (exact) mass is 210 g/mol. The Kier molecular flexibility index (Phi) is 2.87. The van der Waals surface area contributed by atoms with Crippen LogP contribution in [0.15, 0.2) is 0 Å². The molecule has 0 N–H and O–H groups in total. The molecule has 0 saturated heterocycles. The molecule has 2 bridgehead atoms. The molecule has 2 aliphatic carbocycles. The lowest BCUT2D eigenvalue weighted by molar-refractivity contribution is -0.0472. The molecule has 0 spiro atoms. The maximum Gasteiger partial charge on any atom is 0.0636 e. The Bertz CT molecular complexity index is 233. The predicted molar refractivity (Wildman–Crippen MR) is 63.9 cm³/mol. The highest BCUT2D eigenvalue weighted by atomic mass is 16.5. The number of rotatable bonds is 4. The molecule has 0 unspecified atom stereocenters. The second kappa shape index (κ2) is 3.76. The van der Waals surface area contributed by atoms with Gasteiger partial charge in [-0.15, -0.1) is 0 Å². The first-order chi connectivity index (χ1) is 7.02. The van der Waals surface area contributed by atoms with E-state index in [4.69, 9.17) is 4.74 Å². The molecular weight excluding hydrogens is 184 g/mol. The van der Waals surface area contributed by atoms with E-state index in [1.807, 2.05) is 0 Å². The fourth-order valence-electron chi connectivity index (χ4n) is 3.75. The number of fused-ring (bicyclic) bond motifs is 2. The third-order valence-corrected chi connectivity index (χ3v) is 5.53. The summed E-state index contributed by atoms with van der Waals surface area (Å²) in [5.41, 5.74) is 0.954. The highest BCUT2D eigenvalue weighted by Crippen LogP contribution is 2.66. The standard InChI is InChI=1S/C14H26O/c1-5-6-9-15-12-10-11-7-8-14(12,4)13(11,2)3/h11-12H,5-10H2,1-4H3/t11-,12+,14+/m0/s1. The summed E-state index contributed by atoms with van der Waals surface area (Å²) in [5.74, 6) is 0.911. The van der Waals surface area contributed by atoms with E-state index in [-0.39, 0.29) is 0 Å². The van der Waals surface area contributed by atoms with E-state index in [1.54, 1.807) is 0 Å². The minimum absolute atomic E-state index is 0.450. The molecule has 88 valence electrons. The summed E-state index contributed by atoms with van der Waals surface area (Å²) in [6.07, 6.45) is 7.12. The average Bonchev–Trinajstić information content (AvgIpc) is 2.51. The number of unbranched alkanes of at least 4 members (excludes halogenated alkanes) is 1. The van der Waals surface area contributed by atoms with Crippen molar-refractivity contribution in [3.8, 4) is 0 Å². The second-order valence-corrected chi connectivity index (χ2v) is 6.32. The highest BCUT2D eigenvalue weighted by Gasteiger charge is 2.61. The van der Waals surface area contributed by atoms with Crippen LogP contribution in [-0.4, -0.2) is 12.7 Å². The van der Waals surface area contributed by atoms with Gasteiger partial charge in [-0.2, -0.15) is 0 Å². The fourth-order valence-corrected chi connectivity index (χ4v) is 3.75. The Hall–Kier alpha value is -0.0400. The molecule has 1 heteroatoms. The molecule has 1 nitrogen and oxygen atoms in total. The van der Waals surface area contributed by atoms with Gasteiger partial charge in [0.1, 0.15) is 0 Å². The van der Waals surface area contributed by atoms with Gasteiger partial charge in [0.25, 0.3) is 0 Å². The van der Waals surface area contributed by atoms with E-state index in [1.165, 1.54) is 32.1 Å². The van der Waals surface area contributed by atoms with E-state index >= 15 is 0 Å². The van der Waals surface area contributed by atoms with Crippen LogP contribution in [0.1, 0.15) is 59.8 Å². The molecule has 0 heterocycles. The van der Waals surface area contributed by atoms with Gasteiger partial charge in [-0.1, -0.05) is 34.1 Å². The van der Waals surface area contributed by atoms with Crippen LogP contribution in [0.25, 0.3) is 0 Å². The lowest BCUT2D eigenvalue weighted by Crippen LogP contribution is -2.37. The summed E-state index contributed by atoms with van der Waals surface area (Å²) >= 11 is 0. The molecule has 2 aliphatic rings. The molecule has 2 saturated carbocycles. The molecule has 15 heavy (non-hydrogen) atoms. The lowest BCUT2D eigenvalue weighted by Gasteiger charge is -2.38. The Morgan fingerprint density at radius 3 is 2.47 bits per heavy atom. The third-order valence-electron chi connectivity index (χ3n) is 5.53. The van der Waals surface area contributed by atoms with Gasteiger partial charge in [-0.3, -0.25) is 0 Å². The predicted octanol–water partition coefficient (Wildman–Crippen LogP) is 4.02. The number of hydrogen-bond acceptors (Lipinski definition) is 1. The first-order valence-corrected chi connectivity index (χ1v) is 6.64. The summed E-state index contributed by atoms with van der Waals surface area (Å²) in [7, 11) is 0. The van der Waals surface area contributed by atoms with E-state index < -0.39 is 0 Å². The summed E-state index contributed by atoms with van der Waals surface area (Å²) in [5, 5.41) is 0. The average molecular weight is 210 g/mol. The van der Waals surface area contributed by atoms with Crippen LogP contribution in [0, 0.1) is 16.7 Å². The Morgan fingerprint density at radius 1 is 1.27 bits per heavy atom. The van der Waals surface area contributed by atoms with Crippen LogP contribution in [0.4, 0.5) is 0 Å². The zero-order chi connectivity index (χ0) is 11.1. The van der Waals surface area contributed by atoms with Gasteiger partial charge in [-0.05, 0) is 42.4 Å². The van der Waals surface area contributed by atoms with E-state index in [9.17, 15) is 0 Å². The first-order valence-electron chi connectivity index (χ1n) is 6.64. The largest absolute Gasteiger partial charge is 0.378 e. The molecule has 0 aromatic carbocycles. The van der Waals surface area contributed by atoms with Crippen molar-refractivity contribution < 1.29 is 4.74 Å². The molecule has 0 radical (unpaired) electrons. The van der Waals surface area contributed by atoms with Crippen LogP contribution < -0.4 is 0 Å². The minimum Gasteiger partial charge on any atom is -0.378 e. The summed E-state index contributed by atoms with van der Waals surface area (Å²) in [6, 6.07) is 0. The van der Waals surface area contributed by atoms with E-state index in [2.05, 4.69) is 27.7 Å². The maximum atomic E-state index is 6.12. The van der Waals surface area contributed by atoms with Gasteiger partial charge in [-0.25, -0.2) is 0 Å².